The first-order valence-corrected chi connectivity index (χ1v) is 17.7. The van der Waals surface area contributed by atoms with Crippen LogP contribution in [0.4, 0.5) is 0 Å². The second kappa shape index (κ2) is 16.8. The molecule has 4 aromatic rings. The van der Waals surface area contributed by atoms with Crippen molar-refractivity contribution in [3.8, 4) is 17.1 Å². The van der Waals surface area contributed by atoms with Crippen LogP contribution in [0.5, 0.6) is 5.75 Å². The summed E-state index contributed by atoms with van der Waals surface area (Å²) in [6, 6.07) is 24.6. The molecule has 1 aromatic heterocycles. The van der Waals surface area contributed by atoms with Crippen LogP contribution in [0.1, 0.15) is 88.6 Å². The number of imidazole rings is 1. The van der Waals surface area contributed by atoms with Crippen molar-refractivity contribution in [2.75, 3.05) is 32.7 Å². The minimum Gasteiger partial charge on any atom is -0.489 e. The van der Waals surface area contributed by atoms with E-state index >= 15 is 0 Å². The van der Waals surface area contributed by atoms with Gasteiger partial charge in [0, 0.05) is 30.8 Å². The topological polar surface area (TPSA) is 50.6 Å². The number of rotatable bonds is 16. The first-order valence-electron chi connectivity index (χ1n) is 17.7. The van der Waals surface area contributed by atoms with Crippen LogP contribution in [0.25, 0.3) is 22.4 Å². The molecular formula is C40H54N4O2. The monoisotopic (exact) mass is 622 g/mol. The van der Waals surface area contributed by atoms with Crippen LogP contribution in [0.2, 0.25) is 0 Å². The van der Waals surface area contributed by atoms with Gasteiger partial charge < -0.3 is 19.1 Å². The van der Waals surface area contributed by atoms with E-state index in [2.05, 4.69) is 72.4 Å². The lowest BCUT2D eigenvalue weighted by molar-refractivity contribution is 0.0741. The molecule has 6 heteroatoms. The van der Waals surface area contributed by atoms with Gasteiger partial charge >= 0.3 is 0 Å². The summed E-state index contributed by atoms with van der Waals surface area (Å²) in [5, 5.41) is 0. The third kappa shape index (κ3) is 9.45. The first-order chi connectivity index (χ1) is 22.4. The number of carbonyl (C=O) groups excluding carboxylic acids is 1. The Balaban J connectivity index is 1.39. The minimum atomic E-state index is 0.127. The number of nitrogens with zero attached hydrogens (tertiary/aromatic N) is 4. The Morgan fingerprint density at radius 2 is 1.50 bits per heavy atom. The zero-order valence-corrected chi connectivity index (χ0v) is 28.6. The lowest BCUT2D eigenvalue weighted by atomic mass is 10.1. The van der Waals surface area contributed by atoms with E-state index in [9.17, 15) is 4.79 Å². The maximum Gasteiger partial charge on any atom is 0.253 e. The SMILES string of the molecule is CC(C)CCN(CCC(C)C)C(=O)c1ccc2nc(-c3ccc(OCc4ccccc4)cc3)n(CCCCN3CCCCC3)c2c1. The van der Waals surface area contributed by atoms with Gasteiger partial charge in [-0.1, -0.05) is 64.4 Å². The van der Waals surface area contributed by atoms with Crippen molar-refractivity contribution in [2.45, 2.75) is 85.8 Å². The Bertz CT molecular complexity index is 1490. The van der Waals surface area contributed by atoms with E-state index in [1.165, 1.54) is 32.4 Å². The van der Waals surface area contributed by atoms with Gasteiger partial charge in [-0.25, -0.2) is 4.98 Å². The molecule has 0 spiro atoms. The Morgan fingerprint density at radius 1 is 0.826 bits per heavy atom. The molecular weight excluding hydrogens is 568 g/mol. The normalized spacial score (nSPS) is 14.0. The molecule has 46 heavy (non-hydrogen) atoms. The molecule has 3 aromatic carbocycles. The van der Waals surface area contributed by atoms with Crippen molar-refractivity contribution in [2.24, 2.45) is 11.8 Å². The van der Waals surface area contributed by atoms with Crippen molar-refractivity contribution in [1.29, 1.82) is 0 Å². The molecule has 0 bridgehead atoms. The number of ether oxygens (including phenoxy) is 1. The Labute approximate surface area is 276 Å². The van der Waals surface area contributed by atoms with Crippen molar-refractivity contribution in [3.63, 3.8) is 0 Å². The van der Waals surface area contributed by atoms with Crippen LogP contribution >= 0.6 is 0 Å². The predicted molar refractivity (Wildman–Crippen MR) is 190 cm³/mol. The number of piperidine rings is 1. The van der Waals surface area contributed by atoms with E-state index in [1.807, 2.05) is 42.5 Å². The molecule has 1 fully saturated rings. The number of aryl methyl sites for hydroxylation is 1. The van der Waals surface area contributed by atoms with Gasteiger partial charge in [0.15, 0.2) is 0 Å². The van der Waals surface area contributed by atoms with E-state index in [0.717, 1.165) is 91.2 Å². The van der Waals surface area contributed by atoms with Crippen molar-refractivity contribution < 1.29 is 9.53 Å². The molecule has 0 unspecified atom stereocenters. The Kier molecular flexibility index (Phi) is 12.3. The average molecular weight is 623 g/mol. The second-order valence-electron chi connectivity index (χ2n) is 13.9. The maximum absolute atomic E-state index is 13.9. The summed E-state index contributed by atoms with van der Waals surface area (Å²) < 4.78 is 8.41. The number of fused-ring (bicyclic) bond motifs is 1. The molecule has 0 radical (unpaired) electrons. The number of hydrogen-bond acceptors (Lipinski definition) is 4. The third-order valence-electron chi connectivity index (χ3n) is 9.15. The fourth-order valence-electron chi connectivity index (χ4n) is 6.26. The summed E-state index contributed by atoms with van der Waals surface area (Å²) in [5.41, 5.74) is 4.93. The highest BCUT2D eigenvalue weighted by Gasteiger charge is 2.20. The lowest BCUT2D eigenvalue weighted by Gasteiger charge is -2.26. The zero-order chi connectivity index (χ0) is 32.3. The summed E-state index contributed by atoms with van der Waals surface area (Å²) in [6.45, 7) is 15.5. The first kappa shape index (κ1) is 33.7. The quantitative estimate of drug-likeness (QED) is 0.117. The highest BCUT2D eigenvalue weighted by molar-refractivity contribution is 5.98. The highest BCUT2D eigenvalue weighted by atomic mass is 16.5. The smallest absolute Gasteiger partial charge is 0.253 e. The number of aromatic nitrogens is 2. The summed E-state index contributed by atoms with van der Waals surface area (Å²) in [6.07, 6.45) is 8.26. The average Bonchev–Trinajstić information content (AvgIpc) is 3.44. The van der Waals surface area contributed by atoms with Gasteiger partial charge in [-0.15, -0.1) is 0 Å². The van der Waals surface area contributed by atoms with Crippen LogP contribution in [-0.2, 0) is 13.2 Å². The Morgan fingerprint density at radius 3 is 2.17 bits per heavy atom. The van der Waals surface area contributed by atoms with Crippen molar-refractivity contribution in [3.05, 3.63) is 83.9 Å². The van der Waals surface area contributed by atoms with Crippen LogP contribution in [0.15, 0.2) is 72.8 Å². The number of likely N-dealkylation sites (tertiary alicyclic amines) is 1. The van der Waals surface area contributed by atoms with Gasteiger partial charge in [0.05, 0.1) is 11.0 Å². The van der Waals surface area contributed by atoms with E-state index < -0.39 is 0 Å². The van der Waals surface area contributed by atoms with E-state index in [-0.39, 0.29) is 5.91 Å². The molecule has 0 atom stereocenters. The van der Waals surface area contributed by atoms with Crippen LogP contribution in [0, 0.1) is 11.8 Å². The van der Waals surface area contributed by atoms with Gasteiger partial charge in [0.2, 0.25) is 0 Å². The molecule has 1 saturated heterocycles. The summed E-state index contributed by atoms with van der Waals surface area (Å²) in [5.74, 6) is 3.03. The van der Waals surface area contributed by atoms with Crippen molar-refractivity contribution >= 4 is 16.9 Å². The van der Waals surface area contributed by atoms with Gasteiger partial charge in [-0.3, -0.25) is 4.79 Å². The summed E-state index contributed by atoms with van der Waals surface area (Å²) in [4.78, 5) is 23.7. The van der Waals surface area contributed by atoms with Crippen LogP contribution in [0.3, 0.4) is 0 Å². The molecule has 1 aliphatic heterocycles. The van der Waals surface area contributed by atoms with Crippen LogP contribution < -0.4 is 4.74 Å². The number of amides is 1. The fourth-order valence-corrected chi connectivity index (χ4v) is 6.26. The van der Waals surface area contributed by atoms with E-state index in [1.54, 1.807) is 0 Å². The van der Waals surface area contributed by atoms with E-state index in [0.29, 0.717) is 18.4 Å². The Hall–Kier alpha value is -3.64. The zero-order valence-electron chi connectivity index (χ0n) is 28.6. The minimum absolute atomic E-state index is 0.127. The standard InChI is InChI=1S/C40H54N4O2/c1-31(2)21-27-43(28-22-32(3)4)40(45)35-17-20-37-38(29-35)44(26-12-11-25-42-23-9-6-10-24-42)39(41-37)34-15-18-36(19-16-34)46-30-33-13-7-5-8-14-33/h5,7-8,13-20,29,31-32H,6,9-12,21-28,30H2,1-4H3. The molecule has 0 saturated carbocycles. The van der Waals surface area contributed by atoms with Gasteiger partial charge in [0.25, 0.3) is 5.91 Å². The van der Waals surface area contributed by atoms with Crippen LogP contribution in [-0.4, -0.2) is 58.0 Å². The number of benzene rings is 3. The molecule has 2 heterocycles. The number of unbranched alkanes of at least 4 members (excludes halogenated alkanes) is 1. The molecule has 0 N–H and O–H groups in total. The molecule has 1 aliphatic rings. The molecule has 246 valence electrons. The van der Waals surface area contributed by atoms with Gasteiger partial charge in [-0.2, -0.15) is 0 Å². The van der Waals surface area contributed by atoms with Gasteiger partial charge in [0.1, 0.15) is 18.2 Å². The molecule has 0 aliphatic carbocycles. The second-order valence-corrected chi connectivity index (χ2v) is 13.9. The number of carbonyl (C=O) groups is 1. The van der Waals surface area contributed by atoms with Crippen molar-refractivity contribution in [1.82, 2.24) is 19.4 Å². The number of hydrogen-bond donors (Lipinski definition) is 0. The lowest BCUT2D eigenvalue weighted by Crippen LogP contribution is -2.34. The largest absolute Gasteiger partial charge is 0.489 e. The molecule has 1 amide bonds. The predicted octanol–water partition coefficient (Wildman–Crippen LogP) is 9.08. The maximum atomic E-state index is 13.9. The molecule has 5 rings (SSSR count). The summed E-state index contributed by atoms with van der Waals surface area (Å²) >= 11 is 0. The summed E-state index contributed by atoms with van der Waals surface area (Å²) in [7, 11) is 0. The fraction of sp³-hybridized carbons (Fsp3) is 0.500. The molecule has 6 nitrogen and oxygen atoms in total. The third-order valence-corrected chi connectivity index (χ3v) is 9.15. The van der Waals surface area contributed by atoms with E-state index in [4.69, 9.17) is 9.72 Å². The van der Waals surface area contributed by atoms with Gasteiger partial charge in [-0.05, 0) is 118 Å². The highest BCUT2D eigenvalue weighted by Crippen LogP contribution is 2.29.